The highest BCUT2D eigenvalue weighted by Crippen LogP contribution is 2.47. The standard InChI is InChI=1S/C29H33ClFN5O3/c1-13-14(2)33-26-22-21(13)23(31)24(16-9-17(30)11-18(32)10-16)34-27(22)38-15(3)25-20-8-7-19(12-35(25)26)36(20)28(37)39-29(4,5)6/h9-11,15,19-20,25H,7-8,12,32H2,1-6H3/t15-,19+,20-,25+/m0/s1. The number of nitrogen functional groups attached to an aromatic ring is 1. The Balaban J connectivity index is 1.53. The smallest absolute Gasteiger partial charge is 0.410 e. The Morgan fingerprint density at radius 1 is 1.18 bits per heavy atom. The minimum atomic E-state index is -0.598. The van der Waals surface area contributed by atoms with E-state index in [-0.39, 0.29) is 36.0 Å². The highest BCUT2D eigenvalue weighted by Gasteiger charge is 2.53. The Labute approximate surface area is 232 Å². The lowest BCUT2D eigenvalue weighted by Crippen LogP contribution is -2.65. The molecule has 2 N–H and O–H groups in total. The maximum absolute atomic E-state index is 16.4. The van der Waals surface area contributed by atoms with Gasteiger partial charge in [0.05, 0.1) is 23.5 Å². The van der Waals surface area contributed by atoms with Crippen LogP contribution in [0.1, 0.15) is 51.8 Å². The molecule has 0 spiro atoms. The van der Waals surface area contributed by atoms with Crippen LogP contribution in [0.25, 0.3) is 22.0 Å². The third-order valence-electron chi connectivity index (χ3n) is 8.08. The molecule has 206 valence electrons. The Morgan fingerprint density at radius 2 is 1.92 bits per heavy atom. The molecule has 2 aromatic heterocycles. The number of amides is 1. The van der Waals surface area contributed by atoms with Gasteiger partial charge in [-0.3, -0.25) is 4.90 Å². The minimum Gasteiger partial charge on any atom is -0.472 e. The van der Waals surface area contributed by atoms with Crippen molar-refractivity contribution >= 4 is 40.0 Å². The molecule has 4 atom stereocenters. The highest BCUT2D eigenvalue weighted by molar-refractivity contribution is 6.31. The van der Waals surface area contributed by atoms with Crippen LogP contribution in [0.2, 0.25) is 5.02 Å². The van der Waals surface area contributed by atoms with E-state index in [9.17, 15) is 4.79 Å². The summed E-state index contributed by atoms with van der Waals surface area (Å²) in [6.45, 7) is 11.9. The fourth-order valence-corrected chi connectivity index (χ4v) is 6.68. The van der Waals surface area contributed by atoms with Gasteiger partial charge in [0.2, 0.25) is 5.88 Å². The molecule has 5 heterocycles. The maximum Gasteiger partial charge on any atom is 0.410 e. The van der Waals surface area contributed by atoms with Crippen LogP contribution in [0.3, 0.4) is 0 Å². The predicted octanol–water partition coefficient (Wildman–Crippen LogP) is 6.03. The summed E-state index contributed by atoms with van der Waals surface area (Å²) < 4.78 is 28.7. The van der Waals surface area contributed by atoms with Gasteiger partial charge in [-0.1, -0.05) is 11.6 Å². The molecular weight excluding hydrogens is 521 g/mol. The largest absolute Gasteiger partial charge is 0.472 e. The number of halogens is 2. The molecule has 2 fully saturated rings. The SMILES string of the molecule is Cc1nc2c3c(nc(-c4cc(N)cc(Cl)c4)c(F)c3c1C)O[C@@H](C)[C@@H]1[C@@H]3CC[C@H](CN21)N3C(=O)OC(C)(C)C. The average Bonchev–Trinajstić information content (AvgIpc) is 3.08. The average molecular weight is 554 g/mol. The molecule has 3 aliphatic heterocycles. The van der Waals surface area contributed by atoms with Crippen molar-refractivity contribution in [3.8, 4) is 17.1 Å². The Kier molecular flexibility index (Phi) is 5.88. The summed E-state index contributed by atoms with van der Waals surface area (Å²) in [5.74, 6) is 0.485. The molecule has 39 heavy (non-hydrogen) atoms. The van der Waals surface area contributed by atoms with Crippen molar-refractivity contribution in [1.82, 2.24) is 14.9 Å². The van der Waals surface area contributed by atoms with Gasteiger partial charge in [0, 0.05) is 33.9 Å². The van der Waals surface area contributed by atoms with Crippen LogP contribution < -0.4 is 15.4 Å². The summed E-state index contributed by atoms with van der Waals surface area (Å²) in [5.41, 5.74) is 7.88. The van der Waals surface area contributed by atoms with Crippen molar-refractivity contribution in [1.29, 1.82) is 0 Å². The second kappa shape index (κ2) is 8.84. The third kappa shape index (κ3) is 4.13. The van der Waals surface area contributed by atoms with Gasteiger partial charge >= 0.3 is 6.09 Å². The van der Waals surface area contributed by atoms with E-state index in [1.165, 1.54) is 0 Å². The first-order chi connectivity index (χ1) is 18.3. The van der Waals surface area contributed by atoms with Crippen molar-refractivity contribution in [2.45, 2.75) is 84.2 Å². The zero-order valence-electron chi connectivity index (χ0n) is 23.0. The van der Waals surface area contributed by atoms with Crippen LogP contribution in [-0.4, -0.2) is 57.3 Å². The lowest BCUT2D eigenvalue weighted by atomic mass is 9.97. The van der Waals surface area contributed by atoms with Crippen LogP contribution in [0.4, 0.5) is 20.7 Å². The topological polar surface area (TPSA) is 93.8 Å². The number of piperazine rings is 1. The lowest BCUT2D eigenvalue weighted by molar-refractivity contribution is 0.000959. The molecule has 3 aromatic rings. The second-order valence-electron chi connectivity index (χ2n) is 11.9. The predicted molar refractivity (Wildman–Crippen MR) is 150 cm³/mol. The third-order valence-corrected chi connectivity index (χ3v) is 8.29. The maximum atomic E-state index is 16.4. The number of carbonyl (C=O) groups excluding carboxylic acids is 1. The Hall–Kier alpha value is -3.33. The first kappa shape index (κ1) is 25.9. The fourth-order valence-electron chi connectivity index (χ4n) is 6.44. The van der Waals surface area contributed by atoms with Crippen LogP contribution in [0.15, 0.2) is 18.2 Å². The first-order valence-corrected chi connectivity index (χ1v) is 13.7. The molecule has 8 nitrogen and oxygen atoms in total. The molecule has 1 amide bonds. The van der Waals surface area contributed by atoms with E-state index in [1.54, 1.807) is 18.2 Å². The Morgan fingerprint density at radius 3 is 2.62 bits per heavy atom. The highest BCUT2D eigenvalue weighted by atomic mass is 35.5. The van der Waals surface area contributed by atoms with Crippen molar-refractivity contribution < 1.29 is 18.7 Å². The fraction of sp³-hybridized carbons (Fsp3) is 0.483. The van der Waals surface area contributed by atoms with Crippen LogP contribution >= 0.6 is 11.6 Å². The number of rotatable bonds is 1. The number of nitrogens with two attached hydrogens (primary N) is 1. The molecule has 10 heteroatoms. The van der Waals surface area contributed by atoms with E-state index >= 15 is 4.39 Å². The lowest BCUT2D eigenvalue weighted by Gasteiger charge is -2.48. The summed E-state index contributed by atoms with van der Waals surface area (Å²) in [6, 6.07) is 4.52. The van der Waals surface area contributed by atoms with E-state index in [0.717, 1.165) is 24.1 Å². The number of nitrogens with zero attached hydrogens (tertiary/aromatic N) is 4. The number of hydrogen-bond donors (Lipinski definition) is 1. The summed E-state index contributed by atoms with van der Waals surface area (Å²) in [6.07, 6.45) is 0.989. The van der Waals surface area contributed by atoms with Crippen molar-refractivity contribution in [3.63, 3.8) is 0 Å². The zero-order chi connectivity index (χ0) is 28.0. The second-order valence-corrected chi connectivity index (χ2v) is 12.3. The molecule has 6 rings (SSSR count). The van der Waals surface area contributed by atoms with E-state index in [2.05, 4.69) is 4.90 Å². The number of aryl methyl sites for hydroxylation is 2. The van der Waals surface area contributed by atoms with Gasteiger partial charge in [-0.2, -0.15) is 0 Å². The molecule has 2 saturated heterocycles. The zero-order valence-corrected chi connectivity index (χ0v) is 23.8. The van der Waals surface area contributed by atoms with Gasteiger partial charge in [-0.05, 0) is 78.1 Å². The normalized spacial score (nSPS) is 23.9. The van der Waals surface area contributed by atoms with Crippen molar-refractivity contribution in [2.75, 3.05) is 17.2 Å². The minimum absolute atomic E-state index is 0.0418. The molecule has 0 aliphatic carbocycles. The van der Waals surface area contributed by atoms with Crippen molar-refractivity contribution in [2.24, 2.45) is 0 Å². The van der Waals surface area contributed by atoms with Gasteiger partial charge < -0.3 is 20.1 Å². The molecular formula is C29H33ClFN5O3. The quantitative estimate of drug-likeness (QED) is 0.368. The molecule has 0 radical (unpaired) electrons. The van der Waals surface area contributed by atoms with Crippen molar-refractivity contribution in [3.05, 3.63) is 40.3 Å². The summed E-state index contributed by atoms with van der Waals surface area (Å²) in [7, 11) is 0. The van der Waals surface area contributed by atoms with E-state index in [4.69, 9.17) is 36.8 Å². The number of carbonyl (C=O) groups is 1. The van der Waals surface area contributed by atoms with Gasteiger partial charge in [0.15, 0.2) is 5.82 Å². The summed E-state index contributed by atoms with van der Waals surface area (Å²) in [5, 5.41) is 1.37. The molecule has 2 bridgehead atoms. The number of ether oxygens (including phenoxy) is 2. The molecule has 0 saturated carbocycles. The number of pyridine rings is 2. The molecule has 3 aliphatic rings. The number of hydrogen-bond acceptors (Lipinski definition) is 7. The van der Waals surface area contributed by atoms with Gasteiger partial charge in [0.25, 0.3) is 0 Å². The van der Waals surface area contributed by atoms with Gasteiger partial charge in [-0.25, -0.2) is 19.2 Å². The molecule has 0 unspecified atom stereocenters. The van der Waals surface area contributed by atoms with Crippen LogP contribution in [0.5, 0.6) is 5.88 Å². The number of benzene rings is 1. The van der Waals surface area contributed by atoms with Crippen LogP contribution in [0, 0.1) is 19.7 Å². The monoisotopic (exact) mass is 553 g/mol. The van der Waals surface area contributed by atoms with E-state index in [1.807, 2.05) is 46.4 Å². The van der Waals surface area contributed by atoms with Gasteiger partial charge in [0.1, 0.15) is 23.2 Å². The van der Waals surface area contributed by atoms with E-state index < -0.39 is 11.4 Å². The number of anilines is 2. The van der Waals surface area contributed by atoms with Crippen LogP contribution in [-0.2, 0) is 4.74 Å². The summed E-state index contributed by atoms with van der Waals surface area (Å²) >= 11 is 6.26. The Bertz CT molecular complexity index is 1500. The van der Waals surface area contributed by atoms with E-state index in [0.29, 0.717) is 45.3 Å². The first-order valence-electron chi connectivity index (χ1n) is 13.4. The number of fused-ring (bicyclic) bond motifs is 5. The molecule has 1 aromatic carbocycles. The number of aromatic nitrogens is 2. The van der Waals surface area contributed by atoms with Gasteiger partial charge in [-0.15, -0.1) is 0 Å². The summed E-state index contributed by atoms with van der Waals surface area (Å²) in [4.78, 5) is 27.1.